The van der Waals surface area contributed by atoms with Crippen LogP contribution in [0.5, 0.6) is 0 Å². The highest BCUT2D eigenvalue weighted by molar-refractivity contribution is 8.00. The molecule has 4 nitrogen and oxygen atoms in total. The van der Waals surface area contributed by atoms with Crippen molar-refractivity contribution < 1.29 is 4.79 Å². The molecule has 1 amide bonds. The molecule has 2 aromatic heterocycles. The van der Waals surface area contributed by atoms with Gasteiger partial charge in [-0.25, -0.2) is 9.97 Å². The van der Waals surface area contributed by atoms with Gasteiger partial charge in [0.2, 0.25) is 5.91 Å². The van der Waals surface area contributed by atoms with E-state index in [4.69, 9.17) is 0 Å². The van der Waals surface area contributed by atoms with Crippen LogP contribution in [0.2, 0.25) is 0 Å². The molecule has 4 fully saturated rings. The van der Waals surface area contributed by atoms with Crippen LogP contribution in [0, 0.1) is 23.2 Å². The summed E-state index contributed by atoms with van der Waals surface area (Å²) >= 11 is 3.14. The summed E-state index contributed by atoms with van der Waals surface area (Å²) in [6.45, 7) is 2.25. The van der Waals surface area contributed by atoms with Crippen molar-refractivity contribution in [2.24, 2.45) is 23.2 Å². The minimum absolute atomic E-state index is 0.139. The maximum atomic E-state index is 12.6. The van der Waals surface area contributed by atoms with Gasteiger partial charge in [-0.05, 0) is 80.1 Å². The summed E-state index contributed by atoms with van der Waals surface area (Å²) in [4.78, 5) is 22.3. The van der Waals surface area contributed by atoms with Crippen molar-refractivity contribution >= 4 is 39.2 Å². The number of nitrogens with zero attached hydrogens (tertiary/aromatic N) is 2. The van der Waals surface area contributed by atoms with E-state index >= 15 is 0 Å². The van der Waals surface area contributed by atoms with Crippen molar-refractivity contribution in [2.75, 3.05) is 5.75 Å². The molecule has 0 spiro atoms. The molecule has 6 rings (SSSR count). The van der Waals surface area contributed by atoms with Gasteiger partial charge in [0.1, 0.15) is 16.2 Å². The summed E-state index contributed by atoms with van der Waals surface area (Å²) in [5, 5.41) is 7.35. The molecule has 0 aliphatic heterocycles. The third-order valence-electron chi connectivity index (χ3n) is 6.95. The number of fused-ring (bicyclic) bond motifs is 1. The molecule has 4 bridgehead atoms. The summed E-state index contributed by atoms with van der Waals surface area (Å²) in [5.41, 5.74) is 0.366. The highest BCUT2D eigenvalue weighted by atomic mass is 32.2. The van der Waals surface area contributed by atoms with Crippen molar-refractivity contribution in [2.45, 2.75) is 56.5 Å². The Bertz CT molecular complexity index is 798. The van der Waals surface area contributed by atoms with Crippen LogP contribution >= 0.6 is 23.1 Å². The van der Waals surface area contributed by atoms with Crippen LogP contribution < -0.4 is 5.32 Å². The van der Waals surface area contributed by atoms with Crippen LogP contribution in [0.1, 0.15) is 45.4 Å². The number of hydrogen-bond donors (Lipinski definition) is 1. The number of carbonyl (C=O) groups excluding carboxylic acids is 1. The van der Waals surface area contributed by atoms with Crippen molar-refractivity contribution in [3.05, 3.63) is 17.8 Å². The molecule has 1 N–H and O–H groups in total. The van der Waals surface area contributed by atoms with E-state index in [9.17, 15) is 4.79 Å². The Balaban J connectivity index is 1.22. The molecular formula is C20H25N3OS2. The topological polar surface area (TPSA) is 54.9 Å². The zero-order chi connectivity index (χ0) is 17.7. The van der Waals surface area contributed by atoms with Gasteiger partial charge in [0.15, 0.2) is 0 Å². The summed E-state index contributed by atoms with van der Waals surface area (Å²) in [5.74, 6) is 3.33. The zero-order valence-electron chi connectivity index (χ0n) is 15.1. The van der Waals surface area contributed by atoms with E-state index in [1.165, 1.54) is 50.3 Å². The zero-order valence-corrected chi connectivity index (χ0v) is 16.7. The van der Waals surface area contributed by atoms with Crippen LogP contribution in [0.3, 0.4) is 0 Å². The first-order chi connectivity index (χ1) is 12.6. The Hall–Kier alpha value is -1.14. The molecule has 0 aromatic carbocycles. The second-order valence-corrected chi connectivity index (χ2v) is 10.5. The Morgan fingerprint density at radius 1 is 1.27 bits per heavy atom. The van der Waals surface area contributed by atoms with Crippen LogP contribution in [-0.4, -0.2) is 27.7 Å². The molecule has 6 heteroatoms. The summed E-state index contributed by atoms with van der Waals surface area (Å²) in [7, 11) is 0. The molecule has 4 saturated carbocycles. The largest absolute Gasteiger partial charge is 0.352 e. The fraction of sp³-hybridized carbons (Fsp3) is 0.650. The Labute approximate surface area is 162 Å². The van der Waals surface area contributed by atoms with E-state index in [2.05, 4.69) is 22.2 Å². The number of amides is 1. The van der Waals surface area contributed by atoms with Crippen molar-refractivity contribution in [1.29, 1.82) is 0 Å². The standard InChI is InChI=1S/C20H25N3OS2/c1-12(20-7-13-4-14(8-20)6-15(5-13)9-20)23-17(24)10-26-19-16-2-3-25-18(16)21-11-22-19/h2-3,11-15H,4-10H2,1H3,(H,23,24)/t12-,13?,14?,15?,20?/m1/s1. The molecule has 1 atom stereocenters. The molecule has 2 heterocycles. The Morgan fingerprint density at radius 2 is 1.96 bits per heavy atom. The maximum Gasteiger partial charge on any atom is 0.230 e. The summed E-state index contributed by atoms with van der Waals surface area (Å²) in [6, 6.07) is 2.33. The van der Waals surface area contributed by atoms with E-state index in [-0.39, 0.29) is 11.9 Å². The number of hydrogen-bond acceptors (Lipinski definition) is 5. The van der Waals surface area contributed by atoms with Crippen LogP contribution in [-0.2, 0) is 4.79 Å². The van der Waals surface area contributed by atoms with Crippen LogP contribution in [0.25, 0.3) is 10.2 Å². The lowest BCUT2D eigenvalue weighted by atomic mass is 9.48. The highest BCUT2D eigenvalue weighted by Crippen LogP contribution is 2.61. The number of aromatic nitrogens is 2. The van der Waals surface area contributed by atoms with Gasteiger partial charge in [-0.2, -0.15) is 0 Å². The van der Waals surface area contributed by atoms with Gasteiger partial charge in [0, 0.05) is 11.4 Å². The number of thioether (sulfide) groups is 1. The van der Waals surface area contributed by atoms with Gasteiger partial charge in [-0.3, -0.25) is 4.79 Å². The Kier molecular flexibility index (Phi) is 4.24. The Morgan fingerprint density at radius 3 is 2.65 bits per heavy atom. The first-order valence-corrected chi connectivity index (χ1v) is 11.6. The average molecular weight is 388 g/mol. The van der Waals surface area contributed by atoms with Gasteiger partial charge in [0.25, 0.3) is 0 Å². The normalized spacial score (nSPS) is 33.5. The number of carbonyl (C=O) groups is 1. The smallest absolute Gasteiger partial charge is 0.230 e. The molecule has 4 aliphatic carbocycles. The lowest BCUT2D eigenvalue weighted by Gasteiger charge is -2.59. The fourth-order valence-corrected chi connectivity index (χ4v) is 7.75. The van der Waals surface area contributed by atoms with Gasteiger partial charge in [0.05, 0.1) is 5.75 Å². The average Bonchev–Trinajstić information content (AvgIpc) is 3.08. The van der Waals surface area contributed by atoms with Crippen molar-refractivity contribution in [3.8, 4) is 0 Å². The third-order valence-corrected chi connectivity index (χ3v) is 8.77. The van der Waals surface area contributed by atoms with Crippen molar-refractivity contribution in [1.82, 2.24) is 15.3 Å². The van der Waals surface area contributed by atoms with Gasteiger partial charge in [-0.1, -0.05) is 11.8 Å². The minimum atomic E-state index is 0.139. The second-order valence-electron chi connectivity index (χ2n) is 8.68. The predicted molar refractivity (Wildman–Crippen MR) is 106 cm³/mol. The van der Waals surface area contributed by atoms with Crippen LogP contribution in [0.4, 0.5) is 0 Å². The maximum absolute atomic E-state index is 12.6. The SMILES string of the molecule is C[C@@H](NC(=O)CSc1ncnc2sccc12)C12CC3CC(CC(C3)C1)C2. The molecule has 26 heavy (non-hydrogen) atoms. The molecular weight excluding hydrogens is 362 g/mol. The van der Waals surface area contributed by atoms with E-state index in [1.54, 1.807) is 17.7 Å². The monoisotopic (exact) mass is 387 g/mol. The van der Waals surface area contributed by atoms with E-state index in [0.717, 1.165) is 33.0 Å². The third kappa shape index (κ3) is 2.95. The van der Waals surface area contributed by atoms with Crippen molar-refractivity contribution in [3.63, 3.8) is 0 Å². The summed E-state index contributed by atoms with van der Waals surface area (Å²) in [6.07, 6.45) is 9.91. The fourth-order valence-electron chi connectivity index (χ4n) is 6.16. The minimum Gasteiger partial charge on any atom is -0.352 e. The molecule has 4 aliphatic rings. The van der Waals surface area contributed by atoms with Gasteiger partial charge >= 0.3 is 0 Å². The molecule has 138 valence electrons. The van der Waals surface area contributed by atoms with E-state index in [1.807, 2.05) is 11.4 Å². The lowest BCUT2D eigenvalue weighted by Crippen LogP contribution is -2.56. The summed E-state index contributed by atoms with van der Waals surface area (Å²) < 4.78 is 0. The number of rotatable bonds is 5. The number of thiophene rings is 1. The van der Waals surface area contributed by atoms with Crippen LogP contribution in [0.15, 0.2) is 22.8 Å². The lowest BCUT2D eigenvalue weighted by molar-refractivity contribution is -0.123. The highest BCUT2D eigenvalue weighted by Gasteiger charge is 2.53. The first kappa shape index (κ1) is 17.0. The quantitative estimate of drug-likeness (QED) is 0.606. The van der Waals surface area contributed by atoms with E-state index < -0.39 is 0 Å². The van der Waals surface area contributed by atoms with Gasteiger partial charge < -0.3 is 5.32 Å². The van der Waals surface area contributed by atoms with Gasteiger partial charge in [-0.15, -0.1) is 11.3 Å². The molecule has 0 saturated heterocycles. The number of nitrogens with one attached hydrogen (secondary N) is 1. The molecule has 2 aromatic rings. The first-order valence-electron chi connectivity index (χ1n) is 9.72. The molecule has 0 unspecified atom stereocenters. The predicted octanol–water partition coefficient (Wildman–Crippen LogP) is 4.50. The second kappa shape index (κ2) is 6.48. The van der Waals surface area contributed by atoms with E-state index in [0.29, 0.717) is 11.2 Å². The molecule has 0 radical (unpaired) electrons.